The Labute approximate surface area is 195 Å². The van der Waals surface area contributed by atoms with Crippen molar-refractivity contribution in [3.05, 3.63) is 24.3 Å². The number of thioether (sulfide) groups is 2. The highest BCUT2D eigenvalue weighted by Gasteiger charge is 2.44. The van der Waals surface area contributed by atoms with Gasteiger partial charge in [0.05, 0.1) is 36.3 Å². The van der Waals surface area contributed by atoms with E-state index in [1.54, 1.807) is 24.3 Å². The van der Waals surface area contributed by atoms with Crippen LogP contribution >= 0.6 is 23.5 Å². The molecule has 0 aliphatic carbocycles. The van der Waals surface area contributed by atoms with E-state index >= 15 is 0 Å². The minimum absolute atomic E-state index is 0.189. The molecule has 1 aromatic carbocycles. The first-order valence-electron chi connectivity index (χ1n) is 11.0. The first kappa shape index (κ1) is 21.9. The highest BCUT2D eigenvalue weighted by atomic mass is 32.2. The van der Waals surface area contributed by atoms with Crippen LogP contribution in [0.25, 0.3) is 0 Å². The van der Waals surface area contributed by atoms with Crippen LogP contribution in [-0.2, 0) is 19.2 Å². The fraction of sp³-hybridized carbons (Fsp3) is 0.545. The molecule has 0 radical (unpaired) electrons. The van der Waals surface area contributed by atoms with Crippen LogP contribution in [0.15, 0.2) is 24.3 Å². The van der Waals surface area contributed by atoms with Gasteiger partial charge in [-0.2, -0.15) is 23.5 Å². The molecule has 170 valence electrons. The first-order valence-corrected chi connectivity index (χ1v) is 13.3. The Hall–Kier alpha value is -1.88. The van der Waals surface area contributed by atoms with Crippen LogP contribution in [0.3, 0.4) is 0 Å². The lowest BCUT2D eigenvalue weighted by molar-refractivity contribution is -0.124. The van der Waals surface area contributed by atoms with Gasteiger partial charge >= 0.3 is 0 Å². The van der Waals surface area contributed by atoms with E-state index in [-0.39, 0.29) is 36.5 Å². The SMILES string of the molecule is O=C1C[C@H](N2CCSCC2)C(=O)N1c1ccc(N2C(=O)C[C@H](N3CCSCC3)C2=O)cc1. The van der Waals surface area contributed by atoms with Gasteiger partial charge in [0.1, 0.15) is 0 Å². The number of imide groups is 2. The lowest BCUT2D eigenvalue weighted by atomic mass is 10.2. The van der Waals surface area contributed by atoms with Crippen molar-refractivity contribution in [3.63, 3.8) is 0 Å². The summed E-state index contributed by atoms with van der Waals surface area (Å²) in [5.41, 5.74) is 0.975. The molecule has 4 aliphatic rings. The summed E-state index contributed by atoms with van der Waals surface area (Å²) in [4.78, 5) is 58.0. The van der Waals surface area contributed by atoms with Gasteiger partial charge < -0.3 is 0 Å². The lowest BCUT2D eigenvalue weighted by Crippen LogP contribution is -2.46. The van der Waals surface area contributed by atoms with Crippen LogP contribution in [-0.4, -0.2) is 94.7 Å². The van der Waals surface area contributed by atoms with Gasteiger partial charge in [-0.1, -0.05) is 0 Å². The number of amides is 4. The molecule has 4 amide bonds. The van der Waals surface area contributed by atoms with Crippen LogP contribution in [0, 0.1) is 0 Å². The van der Waals surface area contributed by atoms with Gasteiger partial charge in [0.25, 0.3) is 11.8 Å². The molecule has 0 saturated carbocycles. The van der Waals surface area contributed by atoms with Crippen LogP contribution < -0.4 is 9.80 Å². The van der Waals surface area contributed by atoms with E-state index in [2.05, 4.69) is 9.80 Å². The zero-order valence-electron chi connectivity index (χ0n) is 17.8. The van der Waals surface area contributed by atoms with Gasteiger partial charge in [0.2, 0.25) is 11.8 Å². The maximum atomic E-state index is 13.0. The summed E-state index contributed by atoms with van der Waals surface area (Å²) in [6, 6.07) is 5.84. The predicted octanol–water partition coefficient (Wildman–Crippen LogP) is 1.05. The lowest BCUT2D eigenvalue weighted by Gasteiger charge is -2.30. The highest BCUT2D eigenvalue weighted by Crippen LogP contribution is 2.31. The molecular formula is C22H26N4O4S2. The smallest absolute Gasteiger partial charge is 0.251 e. The van der Waals surface area contributed by atoms with Gasteiger partial charge in [0, 0.05) is 49.2 Å². The monoisotopic (exact) mass is 474 g/mol. The average molecular weight is 475 g/mol. The second-order valence-corrected chi connectivity index (χ2v) is 10.8. The van der Waals surface area contributed by atoms with Crippen molar-refractivity contribution in [2.45, 2.75) is 24.9 Å². The molecule has 8 nitrogen and oxygen atoms in total. The number of carbonyl (C=O) groups is 4. The van der Waals surface area contributed by atoms with Gasteiger partial charge in [-0.15, -0.1) is 0 Å². The fourth-order valence-corrected chi connectivity index (χ4v) is 6.74. The zero-order valence-corrected chi connectivity index (χ0v) is 19.4. The second kappa shape index (κ2) is 9.17. The Morgan fingerprint density at radius 3 is 1.28 bits per heavy atom. The van der Waals surface area contributed by atoms with Gasteiger partial charge in [0.15, 0.2) is 0 Å². The zero-order chi connectivity index (χ0) is 22.2. The average Bonchev–Trinajstić information content (AvgIpc) is 3.29. The first-order chi connectivity index (χ1) is 15.5. The molecular weight excluding hydrogens is 448 g/mol. The van der Waals surface area contributed by atoms with Crippen molar-refractivity contribution in [2.24, 2.45) is 0 Å². The second-order valence-electron chi connectivity index (χ2n) is 8.39. The number of hydrogen-bond donors (Lipinski definition) is 0. The molecule has 4 fully saturated rings. The maximum absolute atomic E-state index is 13.0. The Bertz CT molecular complexity index is 853. The van der Waals surface area contributed by atoms with Crippen LogP contribution in [0.5, 0.6) is 0 Å². The van der Waals surface area contributed by atoms with E-state index in [0.29, 0.717) is 11.4 Å². The van der Waals surface area contributed by atoms with E-state index in [9.17, 15) is 19.2 Å². The van der Waals surface area contributed by atoms with E-state index in [1.165, 1.54) is 9.80 Å². The minimum Gasteiger partial charge on any atom is -0.290 e. The Morgan fingerprint density at radius 2 is 0.938 bits per heavy atom. The molecule has 10 heteroatoms. The molecule has 0 unspecified atom stereocenters. The molecule has 5 rings (SSSR count). The van der Waals surface area contributed by atoms with Gasteiger partial charge in [-0.05, 0) is 24.3 Å². The summed E-state index contributed by atoms with van der Waals surface area (Å²) in [5, 5.41) is 0. The van der Waals surface area contributed by atoms with Crippen molar-refractivity contribution >= 4 is 58.5 Å². The number of hydrogen-bond acceptors (Lipinski definition) is 8. The number of benzene rings is 1. The molecule has 4 heterocycles. The summed E-state index contributed by atoms with van der Waals surface area (Å²) in [6.07, 6.45) is 0.397. The van der Waals surface area contributed by atoms with Crippen LogP contribution in [0.1, 0.15) is 12.8 Å². The standard InChI is InChI=1S/C22H26N4O4S2/c27-19-13-17(23-5-9-31-10-6-23)21(29)25(19)15-1-2-16(4-3-15)26-20(28)14-18(22(26)30)24-7-11-32-12-8-24/h1-4,17-18H,5-14H2/t17-,18-/m0/s1. The Balaban J connectivity index is 1.31. The molecule has 0 N–H and O–H groups in total. The summed E-state index contributed by atoms with van der Waals surface area (Å²) in [5.74, 6) is 3.11. The Morgan fingerprint density at radius 1 is 0.594 bits per heavy atom. The van der Waals surface area contributed by atoms with Crippen molar-refractivity contribution in [1.82, 2.24) is 9.80 Å². The van der Waals surface area contributed by atoms with Gasteiger partial charge in [-0.25, -0.2) is 9.80 Å². The van der Waals surface area contributed by atoms with E-state index < -0.39 is 12.1 Å². The molecule has 2 atom stereocenters. The van der Waals surface area contributed by atoms with Gasteiger partial charge in [-0.3, -0.25) is 29.0 Å². The summed E-state index contributed by atoms with van der Waals surface area (Å²) >= 11 is 3.73. The quantitative estimate of drug-likeness (QED) is 0.599. The third-order valence-electron chi connectivity index (χ3n) is 6.58. The number of rotatable bonds is 4. The van der Waals surface area contributed by atoms with Crippen molar-refractivity contribution < 1.29 is 19.2 Å². The third-order valence-corrected chi connectivity index (χ3v) is 8.47. The van der Waals surface area contributed by atoms with Crippen molar-refractivity contribution in [1.29, 1.82) is 0 Å². The minimum atomic E-state index is -0.395. The topological polar surface area (TPSA) is 81.2 Å². The Kier molecular flexibility index (Phi) is 6.28. The van der Waals surface area contributed by atoms with E-state index in [4.69, 9.17) is 0 Å². The molecule has 4 saturated heterocycles. The maximum Gasteiger partial charge on any atom is 0.251 e. The number of carbonyl (C=O) groups excluding carboxylic acids is 4. The molecule has 32 heavy (non-hydrogen) atoms. The molecule has 4 aliphatic heterocycles. The van der Waals surface area contributed by atoms with E-state index in [0.717, 1.165) is 49.2 Å². The van der Waals surface area contributed by atoms with Crippen LogP contribution in [0.4, 0.5) is 11.4 Å². The fourth-order valence-electron chi connectivity index (χ4n) is 4.87. The number of nitrogens with zero attached hydrogens (tertiary/aromatic N) is 4. The molecule has 0 bridgehead atoms. The van der Waals surface area contributed by atoms with Crippen molar-refractivity contribution in [3.8, 4) is 0 Å². The molecule has 0 spiro atoms. The van der Waals surface area contributed by atoms with Crippen LogP contribution in [0.2, 0.25) is 0 Å². The molecule has 0 aromatic heterocycles. The third kappa shape index (κ3) is 3.98. The number of anilines is 2. The summed E-state index contributed by atoms with van der Waals surface area (Å²) < 4.78 is 0. The van der Waals surface area contributed by atoms with E-state index in [1.807, 2.05) is 23.5 Å². The normalized spacial score (nSPS) is 28.2. The summed E-state index contributed by atoms with van der Waals surface area (Å²) in [6.45, 7) is 3.27. The highest BCUT2D eigenvalue weighted by molar-refractivity contribution is 7.99. The summed E-state index contributed by atoms with van der Waals surface area (Å²) in [7, 11) is 0. The largest absolute Gasteiger partial charge is 0.290 e. The molecule has 1 aromatic rings. The van der Waals surface area contributed by atoms with Crippen molar-refractivity contribution in [2.75, 3.05) is 59.0 Å². The predicted molar refractivity (Wildman–Crippen MR) is 126 cm³/mol.